The van der Waals surface area contributed by atoms with Crippen LogP contribution in [0, 0.1) is 0 Å². The monoisotopic (exact) mass is 263 g/mol. The van der Waals surface area contributed by atoms with Crippen LogP contribution in [0.5, 0.6) is 0 Å². The minimum Gasteiger partial charge on any atom is -0.360 e. The van der Waals surface area contributed by atoms with Crippen LogP contribution in [-0.4, -0.2) is 34.0 Å². The molecular weight excluding hydrogens is 246 g/mol. The number of nitrogens with zero attached hydrogens (tertiary/aromatic N) is 2. The van der Waals surface area contributed by atoms with Gasteiger partial charge in [-0.15, -0.1) is 0 Å². The molecule has 2 fully saturated rings. The molecule has 0 unspecified atom stereocenters. The van der Waals surface area contributed by atoms with Crippen LogP contribution in [0.3, 0.4) is 0 Å². The summed E-state index contributed by atoms with van der Waals surface area (Å²) in [7, 11) is 0. The van der Waals surface area contributed by atoms with Crippen molar-refractivity contribution in [2.24, 2.45) is 0 Å². The molecule has 6 heteroatoms. The molecule has 0 bridgehead atoms. The van der Waals surface area contributed by atoms with E-state index in [4.69, 9.17) is 4.52 Å². The lowest BCUT2D eigenvalue weighted by molar-refractivity contribution is -0.139. The number of carbonyl (C=O) groups is 2. The molecule has 3 rings (SSSR count). The van der Waals surface area contributed by atoms with Gasteiger partial charge in [0.25, 0.3) is 0 Å². The smallest absolute Gasteiger partial charge is 0.248 e. The van der Waals surface area contributed by atoms with Crippen LogP contribution in [0.15, 0.2) is 16.8 Å². The largest absolute Gasteiger partial charge is 0.360 e. The Kier molecular flexibility index (Phi) is 3.00. The molecule has 1 aliphatic heterocycles. The van der Waals surface area contributed by atoms with Crippen molar-refractivity contribution in [2.75, 3.05) is 6.54 Å². The van der Waals surface area contributed by atoms with Crippen LogP contribution in [-0.2, 0) is 16.1 Å². The molecule has 1 aromatic heterocycles. The maximum atomic E-state index is 12.7. The lowest BCUT2D eigenvalue weighted by atomic mass is 9.96. The van der Waals surface area contributed by atoms with Gasteiger partial charge in [0, 0.05) is 19.0 Å². The Morgan fingerprint density at radius 1 is 1.37 bits per heavy atom. The lowest BCUT2D eigenvalue weighted by Gasteiger charge is -2.31. The summed E-state index contributed by atoms with van der Waals surface area (Å²) in [5.41, 5.74) is -0.673. The summed E-state index contributed by atoms with van der Waals surface area (Å²) in [6.07, 6.45) is 5.37. The predicted octanol–water partition coefficient (Wildman–Crippen LogP) is 0.836. The molecule has 1 N–H and O–H groups in total. The van der Waals surface area contributed by atoms with Crippen LogP contribution >= 0.6 is 0 Å². The second-order valence-corrected chi connectivity index (χ2v) is 5.29. The summed E-state index contributed by atoms with van der Waals surface area (Å²) in [4.78, 5) is 26.2. The standard InChI is InChI=1S/C13H17N3O3/c17-11-4-8-16(9-10-3-7-14-19-10)12(18)13(15-11)5-1-2-6-13/h3,7H,1-2,4-6,8-9H2,(H,15,17). The third kappa shape index (κ3) is 2.22. The Balaban J connectivity index is 1.83. The molecule has 6 nitrogen and oxygen atoms in total. The Bertz CT molecular complexity index is 477. The third-order valence-corrected chi connectivity index (χ3v) is 3.98. The number of nitrogens with one attached hydrogen (secondary N) is 1. The van der Waals surface area contributed by atoms with Gasteiger partial charge in [0.2, 0.25) is 11.8 Å². The van der Waals surface area contributed by atoms with Crippen molar-refractivity contribution in [3.63, 3.8) is 0 Å². The molecular formula is C13H17N3O3. The van der Waals surface area contributed by atoms with Gasteiger partial charge in [-0.05, 0) is 12.8 Å². The van der Waals surface area contributed by atoms with Crippen molar-refractivity contribution in [1.29, 1.82) is 0 Å². The van der Waals surface area contributed by atoms with E-state index < -0.39 is 5.54 Å². The van der Waals surface area contributed by atoms with Gasteiger partial charge in [-0.3, -0.25) is 9.59 Å². The molecule has 0 atom stereocenters. The molecule has 1 aliphatic carbocycles. The maximum Gasteiger partial charge on any atom is 0.248 e. The van der Waals surface area contributed by atoms with Crippen LogP contribution < -0.4 is 5.32 Å². The van der Waals surface area contributed by atoms with Gasteiger partial charge < -0.3 is 14.7 Å². The molecule has 1 saturated heterocycles. The molecule has 1 spiro atoms. The molecule has 0 radical (unpaired) electrons. The Morgan fingerprint density at radius 3 is 2.84 bits per heavy atom. The summed E-state index contributed by atoms with van der Waals surface area (Å²) in [5.74, 6) is 0.637. The third-order valence-electron chi connectivity index (χ3n) is 3.98. The van der Waals surface area contributed by atoms with Crippen LogP contribution in [0.2, 0.25) is 0 Å². The fourth-order valence-electron chi connectivity index (χ4n) is 3.00. The number of aromatic nitrogens is 1. The minimum absolute atomic E-state index is 0.0206. The molecule has 2 aliphatic rings. The zero-order valence-corrected chi connectivity index (χ0v) is 10.7. The summed E-state index contributed by atoms with van der Waals surface area (Å²) in [6.45, 7) is 0.822. The van der Waals surface area contributed by atoms with Gasteiger partial charge in [-0.1, -0.05) is 18.0 Å². The Labute approximate surface area is 111 Å². The number of hydrogen-bond acceptors (Lipinski definition) is 4. The summed E-state index contributed by atoms with van der Waals surface area (Å²) in [6, 6.07) is 1.74. The summed E-state index contributed by atoms with van der Waals surface area (Å²) in [5, 5.41) is 6.58. The summed E-state index contributed by atoms with van der Waals surface area (Å²) >= 11 is 0. The molecule has 1 aromatic rings. The van der Waals surface area contributed by atoms with E-state index in [1.165, 1.54) is 0 Å². The molecule has 2 heterocycles. The van der Waals surface area contributed by atoms with Crippen molar-refractivity contribution < 1.29 is 14.1 Å². The quantitative estimate of drug-likeness (QED) is 0.857. The molecule has 2 amide bonds. The number of rotatable bonds is 2. The van der Waals surface area contributed by atoms with Crippen molar-refractivity contribution in [3.8, 4) is 0 Å². The topological polar surface area (TPSA) is 75.4 Å². The van der Waals surface area contributed by atoms with Gasteiger partial charge >= 0.3 is 0 Å². The van der Waals surface area contributed by atoms with Gasteiger partial charge in [-0.25, -0.2) is 0 Å². The number of carbonyl (C=O) groups excluding carboxylic acids is 2. The molecule has 102 valence electrons. The predicted molar refractivity (Wildman–Crippen MR) is 65.9 cm³/mol. The van der Waals surface area contributed by atoms with Crippen LogP contribution in [0.4, 0.5) is 0 Å². The van der Waals surface area contributed by atoms with Crippen LogP contribution in [0.1, 0.15) is 37.9 Å². The highest BCUT2D eigenvalue weighted by Crippen LogP contribution is 2.33. The van der Waals surface area contributed by atoms with E-state index in [1.54, 1.807) is 17.2 Å². The minimum atomic E-state index is -0.673. The zero-order chi connectivity index (χ0) is 13.3. The Morgan fingerprint density at radius 2 is 2.16 bits per heavy atom. The van der Waals surface area contributed by atoms with Gasteiger partial charge in [0.05, 0.1) is 12.7 Å². The van der Waals surface area contributed by atoms with E-state index in [-0.39, 0.29) is 11.8 Å². The van der Waals surface area contributed by atoms with Crippen molar-refractivity contribution >= 4 is 11.8 Å². The Hall–Kier alpha value is -1.85. The molecule has 0 aromatic carbocycles. The van der Waals surface area contributed by atoms with Crippen molar-refractivity contribution in [2.45, 2.75) is 44.2 Å². The highest BCUT2D eigenvalue weighted by Gasteiger charge is 2.46. The average molecular weight is 263 g/mol. The van der Waals surface area contributed by atoms with Crippen molar-refractivity contribution in [1.82, 2.24) is 15.4 Å². The van der Waals surface area contributed by atoms with E-state index >= 15 is 0 Å². The maximum absolute atomic E-state index is 12.7. The zero-order valence-electron chi connectivity index (χ0n) is 10.7. The second-order valence-electron chi connectivity index (χ2n) is 5.29. The lowest BCUT2D eigenvalue weighted by Crippen LogP contribution is -2.55. The number of amides is 2. The first-order valence-corrected chi connectivity index (χ1v) is 6.70. The first-order chi connectivity index (χ1) is 9.20. The fourth-order valence-corrected chi connectivity index (χ4v) is 3.00. The molecule has 1 saturated carbocycles. The van der Waals surface area contributed by atoms with E-state index in [0.29, 0.717) is 25.3 Å². The molecule has 19 heavy (non-hydrogen) atoms. The van der Waals surface area contributed by atoms with Gasteiger partial charge in [0.15, 0.2) is 5.76 Å². The number of hydrogen-bond donors (Lipinski definition) is 1. The summed E-state index contributed by atoms with van der Waals surface area (Å²) < 4.78 is 5.05. The fraction of sp³-hybridized carbons (Fsp3) is 0.615. The highest BCUT2D eigenvalue weighted by atomic mass is 16.5. The van der Waals surface area contributed by atoms with Crippen LogP contribution in [0.25, 0.3) is 0 Å². The van der Waals surface area contributed by atoms with Gasteiger partial charge in [-0.2, -0.15) is 0 Å². The highest BCUT2D eigenvalue weighted by molar-refractivity contribution is 5.93. The first kappa shape index (κ1) is 12.2. The first-order valence-electron chi connectivity index (χ1n) is 6.70. The van der Waals surface area contributed by atoms with E-state index in [0.717, 1.165) is 25.7 Å². The second kappa shape index (κ2) is 4.68. The van der Waals surface area contributed by atoms with Crippen molar-refractivity contribution in [3.05, 3.63) is 18.0 Å². The SMILES string of the molecule is O=C1CCN(Cc2ccno2)C(=O)C2(CCCC2)N1. The van der Waals surface area contributed by atoms with Gasteiger partial charge in [0.1, 0.15) is 5.54 Å². The average Bonchev–Trinajstić information content (AvgIpc) is 3.03. The van der Waals surface area contributed by atoms with E-state index in [1.807, 2.05) is 0 Å². The van der Waals surface area contributed by atoms with E-state index in [9.17, 15) is 9.59 Å². The van der Waals surface area contributed by atoms with E-state index in [2.05, 4.69) is 10.5 Å². The normalized spacial score (nSPS) is 22.6.